The van der Waals surface area contributed by atoms with Crippen LogP contribution >= 0.6 is 15.9 Å². The SMILES string of the molecule is O=C(N/C(=C/c1ccc(-c2ccc(Br)cc2)o1)C(=O)N1CCCCC1)c1ccccc1. The number of nitrogens with zero attached hydrogens (tertiary/aromatic N) is 1. The van der Waals surface area contributed by atoms with Gasteiger partial charge in [-0.25, -0.2) is 0 Å². The van der Waals surface area contributed by atoms with Crippen molar-refractivity contribution < 1.29 is 14.0 Å². The number of furan rings is 1. The van der Waals surface area contributed by atoms with E-state index in [9.17, 15) is 9.59 Å². The second-order valence-corrected chi connectivity index (χ2v) is 8.36. The summed E-state index contributed by atoms with van der Waals surface area (Å²) in [7, 11) is 0. The summed E-state index contributed by atoms with van der Waals surface area (Å²) in [5.41, 5.74) is 1.64. The smallest absolute Gasteiger partial charge is 0.270 e. The lowest BCUT2D eigenvalue weighted by atomic mass is 10.1. The fourth-order valence-electron chi connectivity index (χ4n) is 3.54. The third-order valence-corrected chi connectivity index (χ3v) is 5.73. The van der Waals surface area contributed by atoms with Crippen molar-refractivity contribution in [3.63, 3.8) is 0 Å². The number of halogens is 1. The Morgan fingerprint density at radius 1 is 0.903 bits per heavy atom. The van der Waals surface area contributed by atoms with Crippen molar-refractivity contribution in [1.82, 2.24) is 10.2 Å². The lowest BCUT2D eigenvalue weighted by molar-refractivity contribution is -0.128. The Hall–Kier alpha value is -3.12. The predicted molar refractivity (Wildman–Crippen MR) is 124 cm³/mol. The Bertz CT molecular complexity index is 1080. The molecule has 1 fully saturated rings. The van der Waals surface area contributed by atoms with Gasteiger partial charge in [0.25, 0.3) is 11.8 Å². The van der Waals surface area contributed by atoms with Crippen LogP contribution in [0.25, 0.3) is 17.4 Å². The fraction of sp³-hybridized carbons (Fsp3) is 0.200. The van der Waals surface area contributed by atoms with Crippen LogP contribution in [0.5, 0.6) is 0 Å². The molecule has 5 nitrogen and oxygen atoms in total. The highest BCUT2D eigenvalue weighted by molar-refractivity contribution is 9.10. The summed E-state index contributed by atoms with van der Waals surface area (Å²) in [6, 6.07) is 20.3. The van der Waals surface area contributed by atoms with Crippen molar-refractivity contribution in [2.24, 2.45) is 0 Å². The van der Waals surface area contributed by atoms with Gasteiger partial charge in [-0.2, -0.15) is 0 Å². The first-order chi connectivity index (χ1) is 15.1. The molecule has 1 aliphatic rings. The van der Waals surface area contributed by atoms with E-state index in [1.165, 1.54) is 0 Å². The number of amides is 2. The topological polar surface area (TPSA) is 62.6 Å². The predicted octanol–water partition coefficient (Wildman–Crippen LogP) is 5.49. The number of likely N-dealkylation sites (tertiary alicyclic amines) is 1. The first-order valence-electron chi connectivity index (χ1n) is 10.3. The molecule has 0 saturated carbocycles. The van der Waals surface area contributed by atoms with Gasteiger partial charge in [-0.3, -0.25) is 9.59 Å². The Labute approximate surface area is 189 Å². The molecule has 0 radical (unpaired) electrons. The van der Waals surface area contributed by atoms with E-state index in [-0.39, 0.29) is 17.5 Å². The summed E-state index contributed by atoms with van der Waals surface area (Å²) < 4.78 is 6.94. The van der Waals surface area contributed by atoms with E-state index >= 15 is 0 Å². The molecule has 0 atom stereocenters. The van der Waals surface area contributed by atoms with Crippen molar-refractivity contribution in [3.8, 4) is 11.3 Å². The third kappa shape index (κ3) is 5.33. The maximum atomic E-state index is 13.2. The molecule has 0 bridgehead atoms. The van der Waals surface area contributed by atoms with Crippen LogP contribution in [0, 0.1) is 0 Å². The number of carbonyl (C=O) groups excluding carboxylic acids is 2. The van der Waals surface area contributed by atoms with Gasteiger partial charge in [-0.15, -0.1) is 0 Å². The first kappa shape index (κ1) is 21.1. The molecule has 1 aliphatic heterocycles. The van der Waals surface area contributed by atoms with E-state index in [0.717, 1.165) is 29.3 Å². The molecule has 2 aromatic carbocycles. The number of piperidine rings is 1. The number of benzene rings is 2. The summed E-state index contributed by atoms with van der Waals surface area (Å²) in [6.07, 6.45) is 4.67. The van der Waals surface area contributed by atoms with E-state index in [4.69, 9.17) is 4.42 Å². The van der Waals surface area contributed by atoms with Crippen molar-refractivity contribution in [3.05, 3.63) is 88.2 Å². The number of hydrogen-bond donors (Lipinski definition) is 1. The van der Waals surface area contributed by atoms with Crippen LogP contribution in [0.15, 0.2) is 81.3 Å². The van der Waals surface area contributed by atoms with Gasteiger partial charge in [0.05, 0.1) is 0 Å². The van der Waals surface area contributed by atoms with Crippen LogP contribution in [0.1, 0.15) is 35.4 Å². The van der Waals surface area contributed by atoms with E-state index in [2.05, 4.69) is 21.2 Å². The highest BCUT2D eigenvalue weighted by atomic mass is 79.9. The molecule has 1 aromatic heterocycles. The highest BCUT2D eigenvalue weighted by Gasteiger charge is 2.23. The Morgan fingerprint density at radius 2 is 1.61 bits per heavy atom. The van der Waals surface area contributed by atoms with E-state index < -0.39 is 0 Å². The molecule has 1 N–H and O–H groups in total. The Kier molecular flexibility index (Phi) is 6.67. The number of nitrogens with one attached hydrogen (secondary N) is 1. The summed E-state index contributed by atoms with van der Waals surface area (Å²) >= 11 is 3.43. The van der Waals surface area contributed by atoms with Gasteiger partial charge >= 0.3 is 0 Å². The van der Waals surface area contributed by atoms with Crippen molar-refractivity contribution in [1.29, 1.82) is 0 Å². The van der Waals surface area contributed by atoms with Crippen LogP contribution in [0.2, 0.25) is 0 Å². The normalized spacial score (nSPS) is 14.4. The van der Waals surface area contributed by atoms with Gasteiger partial charge in [-0.1, -0.05) is 46.3 Å². The molecule has 31 heavy (non-hydrogen) atoms. The second kappa shape index (κ2) is 9.79. The zero-order valence-electron chi connectivity index (χ0n) is 17.0. The van der Waals surface area contributed by atoms with Gasteiger partial charge in [0.1, 0.15) is 17.2 Å². The summed E-state index contributed by atoms with van der Waals surface area (Å²) in [5.74, 6) is 0.687. The molecular weight excluding hydrogens is 456 g/mol. The molecule has 0 aliphatic carbocycles. The molecule has 158 valence electrons. The third-order valence-electron chi connectivity index (χ3n) is 5.20. The average Bonchev–Trinajstić information content (AvgIpc) is 3.28. The lowest BCUT2D eigenvalue weighted by Gasteiger charge is -2.27. The zero-order valence-corrected chi connectivity index (χ0v) is 18.6. The minimum absolute atomic E-state index is 0.189. The Balaban J connectivity index is 1.61. The minimum atomic E-state index is -0.322. The number of rotatable bonds is 5. The molecule has 1 saturated heterocycles. The second-order valence-electron chi connectivity index (χ2n) is 7.44. The number of hydrogen-bond acceptors (Lipinski definition) is 3. The zero-order chi connectivity index (χ0) is 21.6. The largest absolute Gasteiger partial charge is 0.457 e. The van der Waals surface area contributed by atoms with Crippen molar-refractivity contribution in [2.45, 2.75) is 19.3 Å². The summed E-state index contributed by atoms with van der Waals surface area (Å²) in [4.78, 5) is 27.7. The van der Waals surface area contributed by atoms with Crippen LogP contribution in [-0.2, 0) is 4.79 Å². The molecule has 2 amide bonds. The minimum Gasteiger partial charge on any atom is -0.457 e. The fourth-order valence-corrected chi connectivity index (χ4v) is 3.81. The van der Waals surface area contributed by atoms with Crippen molar-refractivity contribution >= 4 is 33.8 Å². The molecule has 0 spiro atoms. The van der Waals surface area contributed by atoms with Gasteiger partial charge < -0.3 is 14.6 Å². The molecular formula is C25H23BrN2O3. The average molecular weight is 479 g/mol. The van der Waals surface area contributed by atoms with Gasteiger partial charge in [0, 0.05) is 34.8 Å². The summed E-state index contributed by atoms with van der Waals surface area (Å²) in [5, 5.41) is 2.80. The highest BCUT2D eigenvalue weighted by Crippen LogP contribution is 2.25. The van der Waals surface area contributed by atoms with E-state index in [1.54, 1.807) is 41.3 Å². The van der Waals surface area contributed by atoms with E-state index in [1.807, 2.05) is 36.4 Å². The monoisotopic (exact) mass is 478 g/mol. The molecule has 4 rings (SSSR count). The maximum absolute atomic E-state index is 13.2. The quantitative estimate of drug-likeness (QED) is 0.492. The van der Waals surface area contributed by atoms with E-state index in [0.29, 0.717) is 30.2 Å². The van der Waals surface area contributed by atoms with Gasteiger partial charge in [0.15, 0.2) is 0 Å². The molecule has 0 unspecified atom stereocenters. The molecule has 2 heterocycles. The van der Waals surface area contributed by atoms with Crippen LogP contribution in [0.3, 0.4) is 0 Å². The van der Waals surface area contributed by atoms with Crippen LogP contribution < -0.4 is 5.32 Å². The van der Waals surface area contributed by atoms with Crippen LogP contribution in [0.4, 0.5) is 0 Å². The molecule has 3 aromatic rings. The molecule has 6 heteroatoms. The number of carbonyl (C=O) groups is 2. The lowest BCUT2D eigenvalue weighted by Crippen LogP contribution is -2.41. The van der Waals surface area contributed by atoms with Gasteiger partial charge in [-0.05, 0) is 55.7 Å². The first-order valence-corrected chi connectivity index (χ1v) is 11.1. The summed E-state index contributed by atoms with van der Waals surface area (Å²) in [6.45, 7) is 1.39. The maximum Gasteiger partial charge on any atom is 0.270 e. The van der Waals surface area contributed by atoms with Gasteiger partial charge in [0.2, 0.25) is 0 Å². The Morgan fingerprint density at radius 3 is 2.32 bits per heavy atom. The van der Waals surface area contributed by atoms with Crippen molar-refractivity contribution in [2.75, 3.05) is 13.1 Å². The standard InChI is InChI=1S/C25H23BrN2O3/c26-20-11-9-18(10-12-20)23-14-13-21(31-23)17-22(25(30)28-15-5-2-6-16-28)27-24(29)19-7-3-1-4-8-19/h1,3-4,7-14,17H,2,5-6,15-16H2,(H,27,29)/b22-17+. The van der Waals surface area contributed by atoms with Crippen LogP contribution in [-0.4, -0.2) is 29.8 Å².